The maximum atomic E-state index is 13.8. The van der Waals surface area contributed by atoms with Crippen molar-refractivity contribution in [3.63, 3.8) is 0 Å². The average molecular weight is 401 g/mol. The van der Waals surface area contributed by atoms with Gasteiger partial charge in [0.15, 0.2) is 11.7 Å². The predicted molar refractivity (Wildman–Crippen MR) is 112 cm³/mol. The van der Waals surface area contributed by atoms with Crippen molar-refractivity contribution in [1.82, 2.24) is 9.97 Å². The molecule has 2 aromatic heterocycles. The van der Waals surface area contributed by atoms with Crippen LogP contribution in [-0.2, 0) is 17.6 Å². The van der Waals surface area contributed by atoms with Gasteiger partial charge in [-0.2, -0.15) is 0 Å². The summed E-state index contributed by atoms with van der Waals surface area (Å²) in [5.74, 6) is 0.247. The highest BCUT2D eigenvalue weighted by atomic mass is 19.1. The summed E-state index contributed by atoms with van der Waals surface area (Å²) in [6.07, 6.45) is 6.39. The van der Waals surface area contributed by atoms with Crippen LogP contribution >= 0.6 is 0 Å². The highest BCUT2D eigenvalue weighted by Gasteiger charge is 2.12. The van der Waals surface area contributed by atoms with E-state index in [4.69, 9.17) is 4.42 Å². The van der Waals surface area contributed by atoms with Crippen molar-refractivity contribution < 1.29 is 13.6 Å². The van der Waals surface area contributed by atoms with Gasteiger partial charge in [-0.15, -0.1) is 0 Å². The van der Waals surface area contributed by atoms with Crippen LogP contribution in [-0.4, -0.2) is 15.9 Å². The Morgan fingerprint density at radius 2 is 1.70 bits per heavy atom. The second-order valence-corrected chi connectivity index (χ2v) is 6.88. The summed E-state index contributed by atoms with van der Waals surface area (Å²) in [4.78, 5) is 20.4. The zero-order valence-corrected chi connectivity index (χ0v) is 16.2. The molecular formula is C24H20FN3O2. The number of benzene rings is 2. The number of oxazole rings is 1. The van der Waals surface area contributed by atoms with E-state index in [1.54, 1.807) is 30.6 Å². The van der Waals surface area contributed by atoms with E-state index in [2.05, 4.69) is 15.3 Å². The molecule has 0 aliphatic carbocycles. The van der Waals surface area contributed by atoms with Crippen LogP contribution in [0.5, 0.6) is 0 Å². The molecule has 0 spiro atoms. The number of anilines is 1. The molecule has 4 aromatic rings. The molecule has 6 heteroatoms. The minimum atomic E-state index is -0.370. The monoisotopic (exact) mass is 401 g/mol. The number of aromatic nitrogens is 2. The molecule has 150 valence electrons. The van der Waals surface area contributed by atoms with E-state index >= 15 is 0 Å². The maximum Gasteiger partial charge on any atom is 0.224 e. The fraction of sp³-hybridized carbons (Fsp3) is 0.125. The molecule has 1 amide bonds. The van der Waals surface area contributed by atoms with Gasteiger partial charge < -0.3 is 9.73 Å². The van der Waals surface area contributed by atoms with Crippen LogP contribution in [0, 0.1) is 5.82 Å². The largest absolute Gasteiger partial charge is 0.441 e. The van der Waals surface area contributed by atoms with Crippen molar-refractivity contribution in [2.75, 3.05) is 5.32 Å². The van der Waals surface area contributed by atoms with E-state index < -0.39 is 0 Å². The summed E-state index contributed by atoms with van der Waals surface area (Å²) < 4.78 is 19.4. The van der Waals surface area contributed by atoms with Gasteiger partial charge in [0, 0.05) is 30.9 Å². The lowest BCUT2D eigenvalue weighted by atomic mass is 10.1. The first kappa shape index (κ1) is 19.5. The lowest BCUT2D eigenvalue weighted by molar-refractivity contribution is -0.116. The maximum absolute atomic E-state index is 13.8. The topological polar surface area (TPSA) is 68.0 Å². The molecule has 0 unspecified atom stereocenters. The second-order valence-electron chi connectivity index (χ2n) is 6.88. The number of pyridine rings is 1. The SMILES string of the molecule is O=C(CCc1ncc(-c2ccccc2F)o1)Nc1ccc(Cc2ccncc2)cc1. The number of carbonyl (C=O) groups excluding carboxylic acids is 1. The Balaban J connectivity index is 1.29. The molecule has 4 rings (SSSR count). The highest BCUT2D eigenvalue weighted by Crippen LogP contribution is 2.23. The van der Waals surface area contributed by atoms with E-state index in [-0.39, 0.29) is 18.1 Å². The van der Waals surface area contributed by atoms with Gasteiger partial charge in [0.05, 0.1) is 11.8 Å². The number of aryl methyl sites for hydroxylation is 1. The number of hydrogen-bond donors (Lipinski definition) is 1. The normalized spacial score (nSPS) is 10.7. The van der Waals surface area contributed by atoms with Gasteiger partial charge in [0.25, 0.3) is 0 Å². The van der Waals surface area contributed by atoms with Crippen molar-refractivity contribution in [1.29, 1.82) is 0 Å². The molecule has 0 radical (unpaired) electrons. The molecular weight excluding hydrogens is 381 g/mol. The summed E-state index contributed by atoms with van der Waals surface area (Å²) in [6, 6.07) is 18.1. The molecule has 0 atom stereocenters. The first-order valence-electron chi connectivity index (χ1n) is 9.65. The number of amides is 1. The van der Waals surface area contributed by atoms with Gasteiger partial charge in [-0.1, -0.05) is 24.3 Å². The van der Waals surface area contributed by atoms with Crippen LogP contribution in [0.15, 0.2) is 83.7 Å². The first-order chi connectivity index (χ1) is 14.7. The van der Waals surface area contributed by atoms with E-state index in [9.17, 15) is 9.18 Å². The van der Waals surface area contributed by atoms with E-state index in [0.717, 1.165) is 17.7 Å². The van der Waals surface area contributed by atoms with Gasteiger partial charge >= 0.3 is 0 Å². The Bertz CT molecular complexity index is 1120. The zero-order chi connectivity index (χ0) is 20.8. The second kappa shape index (κ2) is 9.13. The van der Waals surface area contributed by atoms with Crippen LogP contribution in [0.1, 0.15) is 23.4 Å². The van der Waals surface area contributed by atoms with Crippen molar-refractivity contribution in [3.8, 4) is 11.3 Å². The smallest absolute Gasteiger partial charge is 0.224 e. The van der Waals surface area contributed by atoms with Crippen LogP contribution in [0.25, 0.3) is 11.3 Å². The minimum Gasteiger partial charge on any atom is -0.441 e. The van der Waals surface area contributed by atoms with Crippen LogP contribution in [0.3, 0.4) is 0 Å². The molecule has 0 bridgehead atoms. The standard InChI is InChI=1S/C24H20FN3O2/c25-21-4-2-1-3-20(21)22-16-27-24(30-22)10-9-23(29)28-19-7-5-17(6-8-19)15-18-11-13-26-14-12-18/h1-8,11-14,16H,9-10,15H2,(H,28,29). The molecule has 2 aromatic carbocycles. The average Bonchev–Trinajstić information content (AvgIpc) is 3.24. The van der Waals surface area contributed by atoms with E-state index in [1.807, 2.05) is 36.4 Å². The summed E-state index contributed by atoms with van der Waals surface area (Å²) in [5, 5.41) is 2.87. The predicted octanol–water partition coefficient (Wildman–Crippen LogP) is 5.04. The van der Waals surface area contributed by atoms with Crippen molar-refractivity contribution in [2.24, 2.45) is 0 Å². The number of nitrogens with zero attached hydrogens (tertiary/aromatic N) is 2. The van der Waals surface area contributed by atoms with Crippen molar-refractivity contribution >= 4 is 11.6 Å². The highest BCUT2D eigenvalue weighted by molar-refractivity contribution is 5.90. The Kier molecular flexibility index (Phi) is 5.94. The Hall–Kier alpha value is -3.80. The Labute approximate surface area is 173 Å². The molecule has 30 heavy (non-hydrogen) atoms. The fourth-order valence-corrected chi connectivity index (χ4v) is 3.10. The van der Waals surface area contributed by atoms with Crippen LogP contribution < -0.4 is 5.32 Å². The number of carbonyl (C=O) groups is 1. The summed E-state index contributed by atoms with van der Waals surface area (Å²) in [5.41, 5.74) is 3.42. The molecule has 5 nitrogen and oxygen atoms in total. The molecule has 0 aliphatic heterocycles. The first-order valence-corrected chi connectivity index (χ1v) is 9.65. The molecule has 0 saturated heterocycles. The summed E-state index contributed by atoms with van der Waals surface area (Å²) in [6.45, 7) is 0. The van der Waals surface area contributed by atoms with Gasteiger partial charge in [0.2, 0.25) is 5.91 Å². The minimum absolute atomic E-state index is 0.137. The lowest BCUT2D eigenvalue weighted by Gasteiger charge is -2.06. The quantitative estimate of drug-likeness (QED) is 0.471. The summed E-state index contributed by atoms with van der Waals surface area (Å²) in [7, 11) is 0. The number of halogens is 1. The van der Waals surface area contributed by atoms with E-state index in [0.29, 0.717) is 23.6 Å². The third-order valence-electron chi connectivity index (χ3n) is 4.65. The lowest BCUT2D eigenvalue weighted by Crippen LogP contribution is -2.12. The Morgan fingerprint density at radius 3 is 2.47 bits per heavy atom. The fourth-order valence-electron chi connectivity index (χ4n) is 3.10. The van der Waals surface area contributed by atoms with Crippen LogP contribution in [0.2, 0.25) is 0 Å². The molecule has 0 fully saturated rings. The third-order valence-corrected chi connectivity index (χ3v) is 4.65. The summed E-state index contributed by atoms with van der Waals surface area (Å²) >= 11 is 0. The third kappa shape index (κ3) is 4.97. The van der Waals surface area contributed by atoms with E-state index in [1.165, 1.54) is 17.8 Å². The van der Waals surface area contributed by atoms with Gasteiger partial charge in [-0.25, -0.2) is 9.37 Å². The molecule has 1 N–H and O–H groups in total. The zero-order valence-electron chi connectivity index (χ0n) is 16.2. The van der Waals surface area contributed by atoms with Gasteiger partial charge in [-0.05, 0) is 53.9 Å². The van der Waals surface area contributed by atoms with Gasteiger partial charge in [-0.3, -0.25) is 9.78 Å². The van der Waals surface area contributed by atoms with Crippen molar-refractivity contribution in [2.45, 2.75) is 19.3 Å². The molecule has 0 saturated carbocycles. The van der Waals surface area contributed by atoms with Gasteiger partial charge in [0.1, 0.15) is 5.82 Å². The number of nitrogens with one attached hydrogen (secondary N) is 1. The number of rotatable bonds is 7. The molecule has 0 aliphatic rings. The Morgan fingerprint density at radius 1 is 0.967 bits per heavy atom. The number of hydrogen-bond acceptors (Lipinski definition) is 4. The van der Waals surface area contributed by atoms with Crippen LogP contribution in [0.4, 0.5) is 10.1 Å². The molecule has 2 heterocycles. The van der Waals surface area contributed by atoms with Crippen molar-refractivity contribution in [3.05, 3.63) is 102 Å².